The van der Waals surface area contributed by atoms with E-state index in [2.05, 4.69) is 36.4 Å². The van der Waals surface area contributed by atoms with E-state index < -0.39 is 12.7 Å². The molecule has 2 N–H and O–H groups in total. The fourth-order valence-electron chi connectivity index (χ4n) is 4.50. The minimum Gasteiger partial charge on any atom is -0.423 e. The molecule has 4 nitrogen and oxygen atoms in total. The van der Waals surface area contributed by atoms with Crippen LogP contribution in [0.5, 0.6) is 0 Å². The number of aromatic nitrogens is 2. The van der Waals surface area contributed by atoms with E-state index in [1.807, 2.05) is 89.6 Å². The van der Waals surface area contributed by atoms with Gasteiger partial charge in [0.2, 0.25) is 0 Å². The molecule has 0 bridgehead atoms. The number of hydrogen-bond donors (Lipinski definition) is 2. The summed E-state index contributed by atoms with van der Waals surface area (Å²) in [5.74, 6) is 0. The van der Waals surface area contributed by atoms with E-state index in [1.165, 1.54) is 0 Å². The Morgan fingerprint density at radius 1 is 0.576 bits per heavy atom. The smallest absolute Gasteiger partial charge is 0.423 e. The Morgan fingerprint density at radius 3 is 1.36 bits per heavy atom. The van der Waals surface area contributed by atoms with Gasteiger partial charge in [0.15, 0.2) is 0 Å². The summed E-state index contributed by atoms with van der Waals surface area (Å²) in [6, 6.07) is 40.2. The Kier molecular flexibility index (Phi) is 5.65. The lowest BCUT2D eigenvalue weighted by Gasteiger charge is -2.36. The molecule has 5 aromatic rings. The first kappa shape index (κ1) is 20.9. The molecule has 1 aromatic heterocycles. The molecule has 0 aliphatic heterocycles. The number of rotatable bonds is 6. The minimum atomic E-state index is -1.66. The molecule has 0 fully saturated rings. The zero-order valence-electron chi connectivity index (χ0n) is 18.0. The molecule has 0 spiro atoms. The van der Waals surface area contributed by atoms with Crippen LogP contribution in [0.2, 0.25) is 0 Å². The highest BCUT2D eigenvalue weighted by molar-refractivity contribution is 6.60. The summed E-state index contributed by atoms with van der Waals surface area (Å²) in [6.07, 6.45) is 1.75. The highest BCUT2D eigenvalue weighted by atomic mass is 16.4. The number of hydrogen-bond acceptors (Lipinski definition) is 3. The standard InChI is InChI=1S/C28H23BN2O2/c32-29(33)26-21-31(30-27(26)22-13-5-1-6-14-22)28(23-15-7-2-8-16-23,24-17-9-3-10-18-24)25-19-11-4-12-20-25/h1-21,32-33H. The van der Waals surface area contributed by atoms with Crippen molar-refractivity contribution in [2.24, 2.45) is 0 Å². The summed E-state index contributed by atoms with van der Waals surface area (Å²) >= 11 is 0. The normalized spacial score (nSPS) is 11.3. The SMILES string of the molecule is OB(O)c1cn(C(c2ccccc2)(c2ccccc2)c2ccccc2)nc1-c1ccccc1. The van der Waals surface area contributed by atoms with Crippen LogP contribution in [0.4, 0.5) is 0 Å². The van der Waals surface area contributed by atoms with Gasteiger partial charge in [-0.3, -0.25) is 4.68 Å². The van der Waals surface area contributed by atoms with E-state index in [0.717, 1.165) is 22.3 Å². The van der Waals surface area contributed by atoms with Gasteiger partial charge in [0, 0.05) is 17.2 Å². The summed E-state index contributed by atoms with van der Waals surface area (Å²) in [7, 11) is -1.66. The molecule has 0 radical (unpaired) electrons. The van der Waals surface area contributed by atoms with Crippen molar-refractivity contribution >= 4 is 12.6 Å². The van der Waals surface area contributed by atoms with Crippen LogP contribution in [0.25, 0.3) is 11.3 Å². The van der Waals surface area contributed by atoms with Crippen molar-refractivity contribution in [1.29, 1.82) is 0 Å². The summed E-state index contributed by atoms with van der Waals surface area (Å²) in [6.45, 7) is 0. The van der Waals surface area contributed by atoms with Crippen LogP contribution >= 0.6 is 0 Å². The maximum Gasteiger partial charge on any atom is 0.492 e. The summed E-state index contributed by atoms with van der Waals surface area (Å²) in [4.78, 5) is 0. The van der Waals surface area contributed by atoms with Crippen molar-refractivity contribution in [3.8, 4) is 11.3 Å². The van der Waals surface area contributed by atoms with Gasteiger partial charge in [0.05, 0.1) is 5.69 Å². The van der Waals surface area contributed by atoms with E-state index in [9.17, 15) is 10.0 Å². The van der Waals surface area contributed by atoms with Gasteiger partial charge in [0.25, 0.3) is 0 Å². The maximum atomic E-state index is 10.3. The van der Waals surface area contributed by atoms with Crippen molar-refractivity contribution in [3.05, 3.63) is 144 Å². The van der Waals surface area contributed by atoms with Gasteiger partial charge in [-0.15, -0.1) is 0 Å². The second kappa shape index (κ2) is 8.90. The number of benzene rings is 4. The average Bonchev–Trinajstić information content (AvgIpc) is 3.33. The molecule has 160 valence electrons. The van der Waals surface area contributed by atoms with E-state index >= 15 is 0 Å². The second-order valence-electron chi connectivity index (χ2n) is 7.93. The van der Waals surface area contributed by atoms with Gasteiger partial charge in [-0.25, -0.2) is 0 Å². The van der Waals surface area contributed by atoms with Gasteiger partial charge < -0.3 is 10.0 Å². The monoisotopic (exact) mass is 430 g/mol. The molecule has 0 atom stereocenters. The van der Waals surface area contributed by atoms with E-state index in [1.54, 1.807) is 6.20 Å². The molecule has 0 unspecified atom stereocenters. The summed E-state index contributed by atoms with van der Waals surface area (Å²) < 4.78 is 1.87. The van der Waals surface area contributed by atoms with Gasteiger partial charge in [-0.05, 0) is 16.7 Å². The molecule has 4 aromatic carbocycles. The van der Waals surface area contributed by atoms with Gasteiger partial charge in [-0.1, -0.05) is 121 Å². The second-order valence-corrected chi connectivity index (χ2v) is 7.93. The van der Waals surface area contributed by atoms with Gasteiger partial charge in [0.1, 0.15) is 5.54 Å². The molecule has 0 aliphatic carbocycles. The van der Waals surface area contributed by atoms with E-state index in [4.69, 9.17) is 5.10 Å². The van der Waals surface area contributed by atoms with Crippen LogP contribution in [-0.4, -0.2) is 26.9 Å². The van der Waals surface area contributed by atoms with Crippen LogP contribution < -0.4 is 5.46 Å². The zero-order chi connectivity index (χ0) is 22.7. The Balaban J connectivity index is 1.88. The van der Waals surface area contributed by atoms with Gasteiger partial charge in [-0.2, -0.15) is 5.10 Å². The molecule has 5 heteroatoms. The van der Waals surface area contributed by atoms with Crippen LogP contribution in [0.1, 0.15) is 16.7 Å². The van der Waals surface area contributed by atoms with Crippen LogP contribution in [-0.2, 0) is 5.54 Å². The first-order chi connectivity index (χ1) is 16.2. The third kappa shape index (κ3) is 3.67. The summed E-state index contributed by atoms with van der Waals surface area (Å²) in [5, 5.41) is 25.5. The number of nitrogens with zero attached hydrogens (tertiary/aromatic N) is 2. The lowest BCUT2D eigenvalue weighted by Crippen LogP contribution is -2.39. The molecule has 5 rings (SSSR count). The van der Waals surface area contributed by atoms with Crippen molar-refractivity contribution < 1.29 is 10.0 Å². The van der Waals surface area contributed by atoms with Crippen LogP contribution in [0.15, 0.2) is 128 Å². The first-order valence-electron chi connectivity index (χ1n) is 10.9. The highest BCUT2D eigenvalue weighted by Crippen LogP contribution is 2.40. The molecule has 0 saturated carbocycles. The Morgan fingerprint density at radius 2 is 0.970 bits per heavy atom. The topological polar surface area (TPSA) is 58.3 Å². The fraction of sp³-hybridized carbons (Fsp3) is 0.0357. The largest absolute Gasteiger partial charge is 0.492 e. The Hall–Kier alpha value is -3.93. The molecule has 0 saturated heterocycles. The molecular formula is C28H23BN2O2. The molecule has 0 aliphatic rings. The molecule has 33 heavy (non-hydrogen) atoms. The summed E-state index contributed by atoms with van der Waals surface area (Å²) in [5.41, 5.74) is 3.95. The average molecular weight is 430 g/mol. The predicted molar refractivity (Wildman–Crippen MR) is 132 cm³/mol. The van der Waals surface area contributed by atoms with Crippen molar-refractivity contribution in [2.45, 2.75) is 5.54 Å². The quantitative estimate of drug-likeness (QED) is 0.316. The third-order valence-electron chi connectivity index (χ3n) is 5.99. The molecule has 1 heterocycles. The molecular weight excluding hydrogens is 407 g/mol. The van der Waals surface area contributed by atoms with E-state index in [0.29, 0.717) is 11.2 Å². The predicted octanol–water partition coefficient (Wildman–Crippen LogP) is 4.07. The van der Waals surface area contributed by atoms with Crippen LogP contribution in [0, 0.1) is 0 Å². The highest BCUT2D eigenvalue weighted by Gasteiger charge is 2.40. The van der Waals surface area contributed by atoms with Crippen LogP contribution in [0.3, 0.4) is 0 Å². The third-order valence-corrected chi connectivity index (χ3v) is 5.99. The van der Waals surface area contributed by atoms with E-state index in [-0.39, 0.29) is 0 Å². The van der Waals surface area contributed by atoms with Gasteiger partial charge >= 0.3 is 7.12 Å². The van der Waals surface area contributed by atoms with Crippen molar-refractivity contribution in [1.82, 2.24) is 9.78 Å². The minimum absolute atomic E-state index is 0.355. The zero-order valence-corrected chi connectivity index (χ0v) is 18.0. The maximum absolute atomic E-state index is 10.3. The first-order valence-corrected chi connectivity index (χ1v) is 10.9. The van der Waals surface area contributed by atoms with Crippen molar-refractivity contribution in [3.63, 3.8) is 0 Å². The molecule has 0 amide bonds. The fourth-order valence-corrected chi connectivity index (χ4v) is 4.50. The lowest BCUT2D eigenvalue weighted by molar-refractivity contribution is 0.425. The Bertz CT molecular complexity index is 1230. The lowest BCUT2D eigenvalue weighted by atomic mass is 9.76. The Labute approximate surface area is 193 Å². The van der Waals surface area contributed by atoms with Crippen molar-refractivity contribution in [2.75, 3.05) is 0 Å².